The Balaban J connectivity index is 2.28. The van der Waals surface area contributed by atoms with Gasteiger partial charge in [-0.3, -0.25) is 9.00 Å². The van der Waals surface area contributed by atoms with E-state index in [-0.39, 0.29) is 16.7 Å². The molecule has 1 aliphatic rings. The number of carbonyl (C=O) groups excluding carboxylic acids is 1. The van der Waals surface area contributed by atoms with Crippen molar-refractivity contribution < 1.29 is 17.4 Å². The molecule has 1 saturated heterocycles. The van der Waals surface area contributed by atoms with Gasteiger partial charge in [-0.25, -0.2) is 8.42 Å². The molecular weight excluding hydrogens is 408 g/mol. The molecule has 1 N–H and O–H groups in total. The van der Waals surface area contributed by atoms with Crippen molar-refractivity contribution in [1.82, 2.24) is 9.62 Å². The Morgan fingerprint density at radius 3 is 2.34 bits per heavy atom. The minimum absolute atomic E-state index is 0.162. The number of nitrogens with zero attached hydrogens (tertiary/aromatic N) is 1. The Morgan fingerprint density at radius 1 is 1.21 bits per heavy atom. The number of aryl methyl sites for hydroxylation is 2. The maximum atomic E-state index is 13.3. The third-order valence-corrected chi connectivity index (χ3v) is 9.78. The highest BCUT2D eigenvalue weighted by atomic mass is 32.2. The predicted octanol–water partition coefficient (Wildman–Crippen LogP) is 2.76. The summed E-state index contributed by atoms with van der Waals surface area (Å²) < 4.78 is 40.7. The largest absolute Gasteiger partial charge is 0.339 e. The van der Waals surface area contributed by atoms with E-state index < -0.39 is 31.6 Å². The summed E-state index contributed by atoms with van der Waals surface area (Å²) >= 11 is 0. The molecule has 2 atom stereocenters. The number of benzene rings is 1. The fourth-order valence-corrected chi connectivity index (χ4v) is 6.86. The van der Waals surface area contributed by atoms with Crippen molar-refractivity contribution in [3.05, 3.63) is 29.3 Å². The number of carbonyl (C=O) groups is 1. The molecule has 1 aliphatic heterocycles. The van der Waals surface area contributed by atoms with Crippen LogP contribution in [0.3, 0.4) is 0 Å². The monoisotopic (exact) mass is 442 g/mol. The Morgan fingerprint density at radius 2 is 1.83 bits per heavy atom. The summed E-state index contributed by atoms with van der Waals surface area (Å²) in [6.45, 7) is 12.2. The van der Waals surface area contributed by atoms with Gasteiger partial charge in [0.1, 0.15) is 6.04 Å². The van der Waals surface area contributed by atoms with E-state index in [1.807, 2.05) is 41.5 Å². The van der Waals surface area contributed by atoms with Gasteiger partial charge in [0.25, 0.3) is 0 Å². The van der Waals surface area contributed by atoms with E-state index in [0.29, 0.717) is 18.8 Å². The van der Waals surface area contributed by atoms with Crippen molar-refractivity contribution in [2.24, 2.45) is 5.92 Å². The van der Waals surface area contributed by atoms with E-state index in [4.69, 9.17) is 0 Å². The molecule has 0 unspecified atom stereocenters. The molecule has 0 bridgehead atoms. The van der Waals surface area contributed by atoms with Crippen molar-refractivity contribution in [3.8, 4) is 0 Å². The maximum Gasteiger partial charge on any atom is 0.241 e. The second-order valence-corrected chi connectivity index (χ2v) is 12.0. The lowest BCUT2D eigenvalue weighted by molar-refractivity contribution is -0.134. The van der Waals surface area contributed by atoms with Crippen LogP contribution in [0.25, 0.3) is 0 Å². The van der Waals surface area contributed by atoms with Crippen LogP contribution in [0.15, 0.2) is 23.1 Å². The molecule has 6 nitrogen and oxygen atoms in total. The second kappa shape index (κ2) is 9.27. The highest BCUT2D eigenvalue weighted by Crippen LogP contribution is 2.29. The molecule has 0 aliphatic carbocycles. The fourth-order valence-electron chi connectivity index (χ4n) is 3.68. The van der Waals surface area contributed by atoms with Crippen molar-refractivity contribution in [2.75, 3.05) is 18.8 Å². The number of sulfonamides is 1. The number of rotatable bonds is 7. The van der Waals surface area contributed by atoms with Gasteiger partial charge in [0.05, 0.1) is 9.64 Å². The summed E-state index contributed by atoms with van der Waals surface area (Å²) in [4.78, 5) is 15.2. The molecule has 29 heavy (non-hydrogen) atoms. The number of amides is 1. The van der Waals surface area contributed by atoms with Crippen LogP contribution < -0.4 is 4.72 Å². The lowest BCUT2D eigenvalue weighted by atomic mass is 9.99. The molecule has 0 aromatic heterocycles. The molecule has 8 heteroatoms. The first kappa shape index (κ1) is 24.0. The third kappa shape index (κ3) is 5.09. The van der Waals surface area contributed by atoms with Crippen LogP contribution in [0.5, 0.6) is 0 Å². The van der Waals surface area contributed by atoms with E-state index in [1.54, 1.807) is 23.1 Å². The zero-order valence-electron chi connectivity index (χ0n) is 18.3. The Hall–Kier alpha value is -1.25. The van der Waals surface area contributed by atoms with Gasteiger partial charge in [0.2, 0.25) is 15.9 Å². The van der Waals surface area contributed by atoms with Gasteiger partial charge in [-0.2, -0.15) is 4.72 Å². The van der Waals surface area contributed by atoms with Gasteiger partial charge < -0.3 is 4.90 Å². The zero-order valence-corrected chi connectivity index (χ0v) is 20.0. The lowest BCUT2D eigenvalue weighted by Crippen LogP contribution is -2.59. The van der Waals surface area contributed by atoms with Crippen LogP contribution in [-0.2, 0) is 25.6 Å². The fraction of sp³-hybridized carbons (Fsp3) is 0.667. The second-order valence-electron chi connectivity index (χ2n) is 8.29. The summed E-state index contributed by atoms with van der Waals surface area (Å²) in [7, 11) is -4.82. The number of hydrogen-bond donors (Lipinski definition) is 1. The van der Waals surface area contributed by atoms with Crippen molar-refractivity contribution in [1.29, 1.82) is 0 Å². The number of hydrogen-bond acceptors (Lipinski definition) is 4. The number of nitrogens with one attached hydrogen (secondary N) is 1. The Labute approximate surface area is 178 Å². The van der Waals surface area contributed by atoms with Gasteiger partial charge in [-0.05, 0) is 55.9 Å². The highest BCUT2D eigenvalue weighted by Gasteiger charge is 2.42. The summed E-state index contributed by atoms with van der Waals surface area (Å²) in [5.41, 5.74) is 1.90. The van der Waals surface area contributed by atoms with Gasteiger partial charge in [-0.15, -0.1) is 0 Å². The van der Waals surface area contributed by atoms with E-state index in [2.05, 4.69) is 4.72 Å². The molecule has 1 aromatic carbocycles. The molecule has 1 fully saturated rings. The van der Waals surface area contributed by atoms with E-state index >= 15 is 0 Å². The minimum Gasteiger partial charge on any atom is -0.339 e. The Kier molecular flexibility index (Phi) is 7.68. The van der Waals surface area contributed by atoms with E-state index in [1.165, 1.54) is 0 Å². The topological polar surface area (TPSA) is 83.6 Å². The quantitative estimate of drug-likeness (QED) is 0.704. The SMILES string of the molecule is CCC1(CC)CN(C(=O)[C@H](NS(=O)(=O)c2ccc(C)c(C)c2)C(C)C)CC[S@@]1=O. The summed E-state index contributed by atoms with van der Waals surface area (Å²) in [6.07, 6.45) is 1.45. The van der Waals surface area contributed by atoms with Crippen molar-refractivity contribution >= 4 is 26.7 Å². The maximum absolute atomic E-state index is 13.3. The van der Waals surface area contributed by atoms with Crippen LogP contribution in [0.2, 0.25) is 0 Å². The normalized spacial score (nSPS) is 20.7. The van der Waals surface area contributed by atoms with Gasteiger partial charge in [-0.1, -0.05) is 33.8 Å². The average molecular weight is 443 g/mol. The van der Waals surface area contributed by atoms with Crippen LogP contribution >= 0.6 is 0 Å². The summed E-state index contributed by atoms with van der Waals surface area (Å²) in [6, 6.07) is 4.10. The van der Waals surface area contributed by atoms with Crippen LogP contribution in [0.1, 0.15) is 51.7 Å². The first-order valence-electron chi connectivity index (χ1n) is 10.2. The molecule has 164 valence electrons. The molecule has 2 rings (SSSR count). The van der Waals surface area contributed by atoms with Gasteiger partial charge in [0, 0.05) is 29.6 Å². The lowest BCUT2D eigenvalue weighted by Gasteiger charge is -2.42. The van der Waals surface area contributed by atoms with Gasteiger partial charge >= 0.3 is 0 Å². The van der Waals surface area contributed by atoms with Crippen molar-refractivity contribution in [3.63, 3.8) is 0 Å². The molecular formula is C21H34N2O4S2. The van der Waals surface area contributed by atoms with Gasteiger partial charge in [0.15, 0.2) is 0 Å². The third-order valence-electron chi connectivity index (χ3n) is 6.11. The summed E-state index contributed by atoms with van der Waals surface area (Å²) in [5.74, 6) is -0.0217. The standard InChI is InChI=1S/C21H34N2O4S2/c1-7-21(8-2)14-23(11-12-28(21)25)20(24)19(15(3)4)22-29(26,27)18-10-9-16(5)17(6)13-18/h9-10,13,15,19,22H,7-8,11-12,14H2,1-6H3/t19-,28+/m1/s1. The molecule has 0 spiro atoms. The van der Waals surface area contributed by atoms with Crippen LogP contribution in [0, 0.1) is 19.8 Å². The molecule has 1 heterocycles. The van der Waals surface area contributed by atoms with Crippen molar-refractivity contribution in [2.45, 2.75) is 70.1 Å². The zero-order chi connectivity index (χ0) is 22.0. The van der Waals surface area contributed by atoms with E-state index in [9.17, 15) is 17.4 Å². The minimum atomic E-state index is -3.84. The first-order chi connectivity index (χ1) is 13.5. The average Bonchev–Trinajstić information content (AvgIpc) is 2.68. The predicted molar refractivity (Wildman–Crippen MR) is 118 cm³/mol. The van der Waals surface area contributed by atoms with Crippen LogP contribution in [-0.4, -0.2) is 53.1 Å². The molecule has 0 radical (unpaired) electrons. The van der Waals surface area contributed by atoms with E-state index in [0.717, 1.165) is 24.0 Å². The van der Waals surface area contributed by atoms with Crippen LogP contribution in [0.4, 0.5) is 0 Å². The smallest absolute Gasteiger partial charge is 0.241 e. The first-order valence-corrected chi connectivity index (χ1v) is 13.0. The molecule has 0 saturated carbocycles. The summed E-state index contributed by atoms with van der Waals surface area (Å²) in [5, 5.41) is 0. The highest BCUT2D eigenvalue weighted by molar-refractivity contribution is 7.89. The molecule has 1 aromatic rings. The molecule has 1 amide bonds. The Bertz CT molecular complexity index is 877.